The van der Waals surface area contributed by atoms with Crippen LogP contribution in [0.3, 0.4) is 0 Å². The summed E-state index contributed by atoms with van der Waals surface area (Å²) >= 11 is 0. The van der Waals surface area contributed by atoms with Gasteiger partial charge in [-0.3, -0.25) is 4.79 Å². The number of rotatable bonds is 4. The lowest BCUT2D eigenvalue weighted by Crippen LogP contribution is -3.08. The zero-order valence-corrected chi connectivity index (χ0v) is 7.60. The van der Waals surface area contributed by atoms with Crippen LogP contribution in [0.1, 0.15) is 12.8 Å². The van der Waals surface area contributed by atoms with Crippen molar-refractivity contribution >= 4 is 18.3 Å². The lowest BCUT2D eigenvalue weighted by atomic mass is 10.3. The van der Waals surface area contributed by atoms with Crippen LogP contribution in [0.5, 0.6) is 0 Å². The van der Waals surface area contributed by atoms with Crippen LogP contribution in [0.25, 0.3) is 0 Å². The van der Waals surface area contributed by atoms with Gasteiger partial charge < -0.3 is 10.5 Å². The zero-order valence-electron chi connectivity index (χ0n) is 7.60. The van der Waals surface area contributed by atoms with Gasteiger partial charge in [-0.2, -0.15) is 9.69 Å². The Morgan fingerprint density at radius 1 is 1.50 bits per heavy atom. The first kappa shape index (κ1) is 10.4. The molecule has 3 N–H and O–H groups in total. The Morgan fingerprint density at radius 2 is 2.29 bits per heavy atom. The van der Waals surface area contributed by atoms with Gasteiger partial charge in [0.15, 0.2) is 0 Å². The number of ether oxygens (including phenoxy) is 1. The normalized spacial score (nSPS) is 18.4. The first-order valence-corrected chi connectivity index (χ1v) is 4.22. The van der Waals surface area contributed by atoms with Gasteiger partial charge in [0, 0.05) is 6.42 Å². The molecule has 6 heteroatoms. The number of amides is 2. The molecule has 76 valence electrons. The van der Waals surface area contributed by atoms with Gasteiger partial charge in [0.05, 0.1) is 12.8 Å². The number of nitrogens with one attached hydrogen (secondary N) is 1. The minimum atomic E-state index is -0.424. The molecule has 1 aliphatic heterocycles. The minimum absolute atomic E-state index is 0.201. The average molecular weight is 198 g/mol. The summed E-state index contributed by atoms with van der Waals surface area (Å²) in [6.07, 6.45) is 4.76. The van der Waals surface area contributed by atoms with E-state index >= 15 is 0 Å². The van der Waals surface area contributed by atoms with Crippen molar-refractivity contribution in [1.29, 1.82) is 0 Å². The van der Waals surface area contributed by atoms with Gasteiger partial charge in [-0.25, -0.2) is 4.99 Å². The number of nitrogens with two attached hydrogens (primary N) is 1. The van der Waals surface area contributed by atoms with Gasteiger partial charge in [-0.1, -0.05) is 0 Å². The first-order valence-electron chi connectivity index (χ1n) is 4.22. The second-order valence-electron chi connectivity index (χ2n) is 2.76. The van der Waals surface area contributed by atoms with Crippen molar-refractivity contribution in [1.82, 2.24) is 0 Å². The number of carbonyl (C=O) groups excluding carboxylic acids is 2. The molecule has 0 bridgehead atoms. The van der Waals surface area contributed by atoms with Crippen molar-refractivity contribution in [2.75, 3.05) is 6.61 Å². The SMILES string of the molecule is NC(=O)CCCOC(=O)[NH+]1C=CN=C1. The number of carbonyl (C=O) groups is 2. The maximum atomic E-state index is 11.2. The third-order valence-corrected chi connectivity index (χ3v) is 1.59. The number of hydrogen-bond acceptors (Lipinski definition) is 4. The molecular formula is C8H12N3O3+. The largest absolute Gasteiger partial charge is 0.525 e. The summed E-state index contributed by atoms with van der Waals surface area (Å²) < 4.78 is 4.85. The number of alkyl carbamates (subject to hydrolysis) is 2. The van der Waals surface area contributed by atoms with Crippen LogP contribution in [-0.2, 0) is 9.53 Å². The van der Waals surface area contributed by atoms with Crippen molar-refractivity contribution < 1.29 is 19.2 Å². The molecule has 6 nitrogen and oxygen atoms in total. The lowest BCUT2D eigenvalue weighted by Gasteiger charge is -2.03. The lowest BCUT2D eigenvalue weighted by molar-refractivity contribution is -0.650. The predicted molar refractivity (Wildman–Crippen MR) is 48.4 cm³/mol. The van der Waals surface area contributed by atoms with E-state index in [1.54, 1.807) is 6.20 Å². The summed E-state index contributed by atoms with van der Waals surface area (Å²) in [5.74, 6) is -0.393. The molecule has 0 saturated heterocycles. The molecule has 0 saturated carbocycles. The van der Waals surface area contributed by atoms with Gasteiger partial charge in [0.1, 0.15) is 6.20 Å². The smallest absolute Gasteiger partial charge is 0.419 e. The molecule has 0 fully saturated rings. The minimum Gasteiger partial charge on any atom is -0.419 e. The molecule has 1 heterocycles. The van der Waals surface area contributed by atoms with Crippen molar-refractivity contribution in [3.8, 4) is 0 Å². The van der Waals surface area contributed by atoms with Gasteiger partial charge in [0.25, 0.3) is 0 Å². The van der Waals surface area contributed by atoms with Crippen LogP contribution in [0, 0.1) is 0 Å². The van der Waals surface area contributed by atoms with E-state index in [1.165, 1.54) is 12.5 Å². The van der Waals surface area contributed by atoms with Gasteiger partial charge in [-0.05, 0) is 6.42 Å². The van der Waals surface area contributed by atoms with E-state index in [9.17, 15) is 9.59 Å². The fourth-order valence-corrected chi connectivity index (χ4v) is 0.905. The first-order chi connectivity index (χ1) is 6.70. The topological polar surface area (TPSA) is 86.2 Å². The zero-order chi connectivity index (χ0) is 10.4. The highest BCUT2D eigenvalue weighted by Crippen LogP contribution is 1.88. The van der Waals surface area contributed by atoms with Crippen molar-refractivity contribution in [2.45, 2.75) is 12.8 Å². The number of nitrogens with zero attached hydrogens (tertiary/aromatic N) is 1. The Kier molecular flexibility index (Phi) is 3.81. The number of quaternary nitrogens is 1. The van der Waals surface area contributed by atoms with Gasteiger partial charge >= 0.3 is 6.09 Å². The van der Waals surface area contributed by atoms with Crippen molar-refractivity contribution in [3.05, 3.63) is 12.4 Å². The van der Waals surface area contributed by atoms with Gasteiger partial charge in [0.2, 0.25) is 12.2 Å². The van der Waals surface area contributed by atoms with E-state index < -0.39 is 12.0 Å². The van der Waals surface area contributed by atoms with Crippen LogP contribution < -0.4 is 10.6 Å². The third-order valence-electron chi connectivity index (χ3n) is 1.59. The standard InChI is InChI=1S/C8H11N3O3/c9-7(12)2-1-5-14-8(13)11-4-3-10-6-11/h3-4,6H,1-2,5H2,(H2,9,12)/p+1. The molecule has 0 aromatic carbocycles. The Bertz CT molecular complexity index is 274. The summed E-state index contributed by atoms with van der Waals surface area (Å²) in [4.78, 5) is 25.7. The van der Waals surface area contributed by atoms with E-state index in [1.807, 2.05) is 0 Å². The Morgan fingerprint density at radius 3 is 2.86 bits per heavy atom. The fourth-order valence-electron chi connectivity index (χ4n) is 0.905. The molecule has 1 unspecified atom stereocenters. The highest BCUT2D eigenvalue weighted by molar-refractivity contribution is 5.73. The summed E-state index contributed by atoms with van der Waals surface area (Å²) in [7, 11) is 0. The molecule has 14 heavy (non-hydrogen) atoms. The van der Waals surface area contributed by atoms with E-state index in [0.717, 1.165) is 0 Å². The van der Waals surface area contributed by atoms with E-state index in [2.05, 4.69) is 4.99 Å². The van der Waals surface area contributed by atoms with E-state index in [-0.39, 0.29) is 13.0 Å². The Balaban J connectivity index is 2.12. The molecule has 1 rings (SSSR count). The van der Waals surface area contributed by atoms with E-state index in [4.69, 9.17) is 10.5 Å². The van der Waals surface area contributed by atoms with Crippen LogP contribution in [0.2, 0.25) is 0 Å². The highest BCUT2D eigenvalue weighted by atomic mass is 16.6. The van der Waals surface area contributed by atoms with Crippen LogP contribution in [0.4, 0.5) is 4.79 Å². The van der Waals surface area contributed by atoms with E-state index in [0.29, 0.717) is 11.3 Å². The molecule has 2 amide bonds. The third kappa shape index (κ3) is 3.36. The molecule has 1 atom stereocenters. The quantitative estimate of drug-likeness (QED) is 0.555. The second kappa shape index (κ2) is 5.13. The summed E-state index contributed by atoms with van der Waals surface area (Å²) in [5.41, 5.74) is 4.91. The molecule has 0 spiro atoms. The van der Waals surface area contributed by atoms with Crippen LogP contribution >= 0.6 is 0 Å². The summed E-state index contributed by atoms with van der Waals surface area (Å²) in [6, 6.07) is 0. The molecule has 0 aliphatic carbocycles. The second-order valence-corrected chi connectivity index (χ2v) is 2.76. The maximum absolute atomic E-state index is 11.2. The Hall–Kier alpha value is -1.69. The van der Waals surface area contributed by atoms with Crippen LogP contribution in [-0.4, -0.2) is 24.9 Å². The van der Waals surface area contributed by atoms with Crippen molar-refractivity contribution in [3.63, 3.8) is 0 Å². The van der Waals surface area contributed by atoms with Crippen molar-refractivity contribution in [2.24, 2.45) is 10.7 Å². The summed E-state index contributed by atoms with van der Waals surface area (Å²) in [6.45, 7) is 0.201. The van der Waals surface area contributed by atoms with Crippen LogP contribution in [0.15, 0.2) is 17.4 Å². The highest BCUT2D eigenvalue weighted by Gasteiger charge is 2.18. The fraction of sp³-hybridized carbons (Fsp3) is 0.375. The maximum Gasteiger partial charge on any atom is 0.525 e. The number of aliphatic imine (C=N–C) groups is 1. The molecule has 1 aliphatic rings. The monoisotopic (exact) mass is 198 g/mol. The summed E-state index contributed by atoms with van der Waals surface area (Å²) in [5, 5.41) is 0. The number of hydrogen-bond donors (Lipinski definition) is 2. The number of primary amides is 1. The molecule has 0 radical (unpaired) electrons. The molecule has 0 aromatic heterocycles. The molecular weight excluding hydrogens is 186 g/mol. The van der Waals surface area contributed by atoms with Gasteiger partial charge in [-0.15, -0.1) is 0 Å². The predicted octanol–water partition coefficient (Wildman–Crippen LogP) is -1.21. The average Bonchev–Trinajstić information content (AvgIpc) is 2.64. The Labute approximate surface area is 81.0 Å². The molecule has 0 aromatic rings.